The standard InChI is InChI=1S/Cu.H4O7P2.H2O4S/c;1-8(2,3)7-9(4,5)6;1-5(2,3)4/h;(H2,1,2,3)(H2,4,5,6);(H2,1,2,3,4). The summed E-state index contributed by atoms with van der Waals surface area (Å²) in [6.45, 7) is 0. The van der Waals surface area contributed by atoms with Gasteiger partial charge in [0.1, 0.15) is 0 Å². The normalized spacial score (nSPS) is 12.1. The monoisotopic (exact) mass is 339 g/mol. The van der Waals surface area contributed by atoms with E-state index in [4.69, 9.17) is 37.1 Å². The second kappa shape index (κ2) is 7.07. The van der Waals surface area contributed by atoms with Crippen LogP contribution in [0.3, 0.4) is 0 Å². The van der Waals surface area contributed by atoms with Crippen molar-refractivity contribution in [1.29, 1.82) is 0 Å². The Balaban J connectivity index is -0.000000208. The van der Waals surface area contributed by atoms with Crippen LogP contribution >= 0.6 is 15.6 Å². The molecule has 0 spiro atoms. The van der Waals surface area contributed by atoms with Gasteiger partial charge in [-0.15, -0.1) is 0 Å². The summed E-state index contributed by atoms with van der Waals surface area (Å²) in [7, 11) is -14.8. The van der Waals surface area contributed by atoms with Crippen molar-refractivity contribution in [2.75, 3.05) is 0 Å². The van der Waals surface area contributed by atoms with E-state index in [-0.39, 0.29) is 17.1 Å². The molecule has 15 heavy (non-hydrogen) atoms. The average molecular weight is 340 g/mol. The summed E-state index contributed by atoms with van der Waals surface area (Å²) in [5.74, 6) is 0. The van der Waals surface area contributed by atoms with Crippen LogP contribution in [0.25, 0.3) is 0 Å². The molecule has 0 unspecified atom stereocenters. The van der Waals surface area contributed by atoms with E-state index in [1.165, 1.54) is 0 Å². The van der Waals surface area contributed by atoms with Crippen LogP contribution in [0, 0.1) is 0 Å². The first-order valence-corrected chi connectivity index (χ1v) is 6.69. The first-order valence-electron chi connectivity index (χ1n) is 2.23. The first-order chi connectivity index (χ1) is 5.71. The largest absolute Gasteiger partial charge is 0.478 e. The third-order valence-corrected chi connectivity index (χ3v) is 1.91. The van der Waals surface area contributed by atoms with Gasteiger partial charge in [-0.05, 0) is 0 Å². The topological polar surface area (TPSA) is 199 Å². The van der Waals surface area contributed by atoms with E-state index in [1.807, 2.05) is 0 Å². The van der Waals surface area contributed by atoms with Crippen molar-refractivity contribution in [2.45, 2.75) is 0 Å². The molecule has 0 bridgehead atoms. The minimum absolute atomic E-state index is 0. The summed E-state index contributed by atoms with van der Waals surface area (Å²) in [5.41, 5.74) is 0. The van der Waals surface area contributed by atoms with Gasteiger partial charge in [0.15, 0.2) is 0 Å². The van der Waals surface area contributed by atoms with Gasteiger partial charge in [0.05, 0.1) is 0 Å². The molecule has 0 fully saturated rings. The Morgan fingerprint density at radius 2 is 1.00 bits per heavy atom. The van der Waals surface area contributed by atoms with Crippen LogP contribution in [0.4, 0.5) is 0 Å². The smallest absolute Gasteiger partial charge is 0.302 e. The minimum atomic E-state index is -5.05. The van der Waals surface area contributed by atoms with Crippen molar-refractivity contribution in [3.05, 3.63) is 0 Å². The molecule has 99 valence electrons. The number of rotatable bonds is 2. The molecule has 0 saturated heterocycles. The van der Waals surface area contributed by atoms with Gasteiger partial charge in [-0.3, -0.25) is 9.11 Å². The molecule has 0 aliphatic heterocycles. The molecular formula is H6CuO11P2S. The van der Waals surface area contributed by atoms with Crippen molar-refractivity contribution in [1.82, 2.24) is 0 Å². The van der Waals surface area contributed by atoms with Crippen LogP contribution in [0.2, 0.25) is 0 Å². The van der Waals surface area contributed by atoms with Gasteiger partial charge < -0.3 is 19.6 Å². The molecule has 0 saturated carbocycles. The first kappa shape index (κ1) is 21.0. The van der Waals surface area contributed by atoms with Crippen LogP contribution < -0.4 is 0 Å². The molecule has 0 aliphatic rings. The summed E-state index contributed by atoms with van der Waals surface area (Å²) >= 11 is 0. The summed E-state index contributed by atoms with van der Waals surface area (Å²) in [4.78, 5) is 31.0. The van der Waals surface area contributed by atoms with Crippen LogP contribution in [-0.2, 0) is 40.9 Å². The number of phosphoric acid groups is 2. The van der Waals surface area contributed by atoms with Gasteiger partial charge in [0.25, 0.3) is 0 Å². The predicted molar refractivity (Wildman–Crippen MR) is 39.4 cm³/mol. The maximum Gasteiger partial charge on any atom is 0.478 e. The van der Waals surface area contributed by atoms with Crippen molar-refractivity contribution >= 4 is 26.0 Å². The molecule has 15 heteroatoms. The second-order valence-corrected chi connectivity index (χ2v) is 5.02. The Labute approximate surface area is 94.0 Å². The zero-order valence-corrected chi connectivity index (χ0v) is 9.88. The van der Waals surface area contributed by atoms with Crippen LogP contribution in [0.5, 0.6) is 0 Å². The van der Waals surface area contributed by atoms with Crippen molar-refractivity contribution in [2.24, 2.45) is 0 Å². The van der Waals surface area contributed by atoms with Gasteiger partial charge in [-0.1, -0.05) is 0 Å². The fourth-order valence-electron chi connectivity index (χ4n) is 0.139. The third-order valence-electron chi connectivity index (χ3n) is 0.213. The van der Waals surface area contributed by atoms with E-state index in [2.05, 4.69) is 4.31 Å². The van der Waals surface area contributed by atoms with E-state index >= 15 is 0 Å². The van der Waals surface area contributed by atoms with Crippen molar-refractivity contribution in [3.8, 4) is 0 Å². The van der Waals surface area contributed by atoms with Gasteiger partial charge in [0.2, 0.25) is 0 Å². The zero-order valence-electron chi connectivity index (χ0n) is 6.33. The molecule has 0 amide bonds. The molecule has 0 aromatic heterocycles. The predicted octanol–water partition coefficient (Wildman–Crippen LogP) is -1.47. The maximum absolute atomic E-state index is 9.63. The minimum Gasteiger partial charge on any atom is -0.302 e. The molecule has 0 aromatic rings. The van der Waals surface area contributed by atoms with E-state index < -0.39 is 26.0 Å². The summed E-state index contributed by atoms with van der Waals surface area (Å²) in [6, 6.07) is 0. The Hall–Kier alpha value is 0.649. The molecule has 1 radical (unpaired) electrons. The Kier molecular flexibility index (Phi) is 9.89. The van der Waals surface area contributed by atoms with E-state index in [1.54, 1.807) is 0 Å². The molecule has 0 aromatic carbocycles. The van der Waals surface area contributed by atoms with Gasteiger partial charge in [-0.2, -0.15) is 12.7 Å². The Morgan fingerprint density at radius 3 is 1.00 bits per heavy atom. The molecule has 0 atom stereocenters. The zero-order chi connectivity index (χ0) is 12.2. The molecular weight excluding hydrogens is 334 g/mol. The maximum atomic E-state index is 9.63. The van der Waals surface area contributed by atoms with Crippen LogP contribution in [-0.4, -0.2) is 37.1 Å². The summed E-state index contributed by atoms with van der Waals surface area (Å²) in [6.07, 6.45) is 0. The summed E-state index contributed by atoms with van der Waals surface area (Å²) in [5, 5.41) is 0. The van der Waals surface area contributed by atoms with E-state index in [0.717, 1.165) is 0 Å². The van der Waals surface area contributed by atoms with Crippen LogP contribution in [0.15, 0.2) is 0 Å². The van der Waals surface area contributed by atoms with Crippen molar-refractivity contribution < 1.29 is 67.6 Å². The molecule has 11 nitrogen and oxygen atoms in total. The number of hydrogen-bond donors (Lipinski definition) is 6. The van der Waals surface area contributed by atoms with Gasteiger partial charge in [-0.25, -0.2) is 9.13 Å². The quantitative estimate of drug-likeness (QED) is 0.195. The second-order valence-electron chi connectivity index (χ2n) is 1.51. The Bertz CT molecular complexity index is 313. The number of hydrogen-bond acceptors (Lipinski definition) is 5. The fourth-order valence-corrected chi connectivity index (χ4v) is 1.25. The van der Waals surface area contributed by atoms with E-state index in [9.17, 15) is 9.13 Å². The molecule has 0 rings (SSSR count). The van der Waals surface area contributed by atoms with Gasteiger partial charge in [0, 0.05) is 17.1 Å². The molecule has 0 heterocycles. The van der Waals surface area contributed by atoms with Crippen molar-refractivity contribution in [3.63, 3.8) is 0 Å². The average Bonchev–Trinajstić information content (AvgIpc) is 1.42. The van der Waals surface area contributed by atoms with Crippen LogP contribution in [0.1, 0.15) is 0 Å². The summed E-state index contributed by atoms with van der Waals surface area (Å²) < 4.78 is 53.8. The van der Waals surface area contributed by atoms with Gasteiger partial charge >= 0.3 is 26.0 Å². The van der Waals surface area contributed by atoms with E-state index in [0.29, 0.717) is 0 Å². The Morgan fingerprint density at radius 1 is 0.867 bits per heavy atom. The molecule has 6 N–H and O–H groups in total. The third kappa shape index (κ3) is 53.0. The SMILES string of the molecule is O=P(O)(O)OP(=O)(O)O.O=S(=O)(O)O.[Cu]. The fraction of sp³-hybridized carbons (Fsp3) is 0. The molecule has 0 aliphatic carbocycles.